The van der Waals surface area contributed by atoms with E-state index in [2.05, 4.69) is 0 Å². The Labute approximate surface area is 158 Å². The van der Waals surface area contributed by atoms with Crippen LogP contribution in [-0.4, -0.2) is 30.3 Å². The first-order chi connectivity index (χ1) is 13.0. The summed E-state index contributed by atoms with van der Waals surface area (Å²) in [5.74, 6) is -0.269. The van der Waals surface area contributed by atoms with E-state index in [9.17, 15) is 14.0 Å². The summed E-state index contributed by atoms with van der Waals surface area (Å²) in [5, 5.41) is 0. The quantitative estimate of drug-likeness (QED) is 0.745. The Balaban J connectivity index is 1.63. The van der Waals surface area contributed by atoms with Crippen LogP contribution in [0.2, 0.25) is 0 Å². The molecule has 0 N–H and O–H groups in total. The second-order valence-corrected chi connectivity index (χ2v) is 6.75. The topological polar surface area (TPSA) is 40.6 Å². The third-order valence-corrected chi connectivity index (χ3v) is 4.98. The van der Waals surface area contributed by atoms with Crippen LogP contribution >= 0.6 is 0 Å². The normalized spacial score (nSPS) is 15.4. The lowest BCUT2D eigenvalue weighted by molar-refractivity contribution is -0.126. The number of halogens is 1. The molecule has 1 aliphatic heterocycles. The molecule has 0 aromatic heterocycles. The van der Waals surface area contributed by atoms with E-state index < -0.39 is 0 Å². The molecule has 0 bridgehead atoms. The summed E-state index contributed by atoms with van der Waals surface area (Å²) < 4.78 is 13.1. The van der Waals surface area contributed by atoms with E-state index >= 15 is 0 Å². The van der Waals surface area contributed by atoms with E-state index in [1.807, 2.05) is 31.2 Å². The fraction of sp³-hybridized carbons (Fsp3) is 0.273. The highest BCUT2D eigenvalue weighted by molar-refractivity contribution is 5.95. The molecule has 2 amide bonds. The Morgan fingerprint density at radius 1 is 1.15 bits per heavy atom. The smallest absolute Gasteiger partial charge is 0.246 e. The van der Waals surface area contributed by atoms with Crippen LogP contribution in [0, 0.1) is 5.82 Å². The van der Waals surface area contributed by atoms with Crippen LogP contribution in [0.4, 0.5) is 10.1 Å². The van der Waals surface area contributed by atoms with Crippen LogP contribution in [0.1, 0.15) is 36.9 Å². The van der Waals surface area contributed by atoms with Crippen molar-refractivity contribution in [2.45, 2.75) is 25.8 Å². The molecule has 0 saturated carbocycles. The minimum Gasteiger partial charge on any atom is -0.335 e. The maximum Gasteiger partial charge on any atom is 0.246 e. The first-order valence-corrected chi connectivity index (χ1v) is 9.06. The van der Waals surface area contributed by atoms with E-state index in [0.717, 1.165) is 29.8 Å². The van der Waals surface area contributed by atoms with Crippen molar-refractivity contribution in [2.24, 2.45) is 0 Å². The molecule has 0 spiro atoms. The minimum atomic E-state index is -0.293. The van der Waals surface area contributed by atoms with Crippen molar-refractivity contribution in [3.8, 4) is 0 Å². The van der Waals surface area contributed by atoms with E-state index in [4.69, 9.17) is 0 Å². The lowest BCUT2D eigenvalue weighted by Gasteiger charge is -2.24. The second kappa shape index (κ2) is 8.16. The van der Waals surface area contributed by atoms with Gasteiger partial charge < -0.3 is 9.80 Å². The van der Waals surface area contributed by atoms with E-state index in [0.29, 0.717) is 6.42 Å². The molecule has 1 aliphatic rings. The molecule has 0 aliphatic carbocycles. The number of hydrogen-bond donors (Lipinski definition) is 0. The average Bonchev–Trinajstić information content (AvgIpc) is 3.12. The van der Waals surface area contributed by atoms with Gasteiger partial charge in [-0.25, -0.2) is 4.39 Å². The van der Waals surface area contributed by atoms with Crippen LogP contribution in [0.25, 0.3) is 6.08 Å². The zero-order valence-corrected chi connectivity index (χ0v) is 15.6. The lowest BCUT2D eigenvalue weighted by Crippen LogP contribution is -2.27. The molecule has 1 unspecified atom stereocenters. The number of benzene rings is 2. The molecule has 140 valence electrons. The molecule has 1 heterocycles. The van der Waals surface area contributed by atoms with Crippen molar-refractivity contribution >= 4 is 23.6 Å². The van der Waals surface area contributed by atoms with Crippen molar-refractivity contribution < 1.29 is 14.0 Å². The molecule has 2 aromatic rings. The molecular formula is C22H23FN2O2. The lowest BCUT2D eigenvalue weighted by atomic mass is 10.1. The predicted octanol–water partition coefficient (Wildman–Crippen LogP) is 4.19. The number of carbonyl (C=O) groups is 2. The largest absolute Gasteiger partial charge is 0.335 e. The molecule has 0 radical (unpaired) electrons. The first-order valence-electron chi connectivity index (χ1n) is 9.06. The summed E-state index contributed by atoms with van der Waals surface area (Å²) in [6, 6.07) is 13.6. The fourth-order valence-electron chi connectivity index (χ4n) is 3.13. The second-order valence-electron chi connectivity index (χ2n) is 6.75. The first kappa shape index (κ1) is 18.8. The number of rotatable bonds is 5. The average molecular weight is 366 g/mol. The number of amides is 2. The molecule has 27 heavy (non-hydrogen) atoms. The summed E-state index contributed by atoms with van der Waals surface area (Å²) in [4.78, 5) is 27.6. The van der Waals surface area contributed by atoms with Crippen molar-refractivity contribution in [1.82, 2.24) is 4.90 Å². The van der Waals surface area contributed by atoms with Gasteiger partial charge in [-0.3, -0.25) is 9.59 Å². The summed E-state index contributed by atoms with van der Waals surface area (Å²) in [5.41, 5.74) is 2.66. The van der Waals surface area contributed by atoms with Gasteiger partial charge in [-0.1, -0.05) is 24.3 Å². The van der Waals surface area contributed by atoms with Gasteiger partial charge in [-0.2, -0.15) is 0 Å². The molecule has 1 atom stereocenters. The van der Waals surface area contributed by atoms with E-state index in [1.54, 1.807) is 35.1 Å². The van der Waals surface area contributed by atoms with Gasteiger partial charge in [-0.05, 0) is 54.8 Å². The van der Waals surface area contributed by atoms with Gasteiger partial charge in [0.2, 0.25) is 11.8 Å². The molecule has 3 rings (SSSR count). The number of anilines is 1. The molecule has 2 aromatic carbocycles. The summed E-state index contributed by atoms with van der Waals surface area (Å²) >= 11 is 0. The molecular weight excluding hydrogens is 343 g/mol. The Morgan fingerprint density at radius 2 is 1.81 bits per heavy atom. The minimum absolute atomic E-state index is 0.134. The number of nitrogens with zero attached hydrogens (tertiary/aromatic N) is 2. The van der Waals surface area contributed by atoms with Crippen molar-refractivity contribution in [1.29, 1.82) is 0 Å². The monoisotopic (exact) mass is 366 g/mol. The standard InChI is InChI=1S/C22H23FN2O2/c1-16(18-8-10-19(23)11-9-18)24(2)21(26)14-7-17-5-12-20(13-6-17)25-15-3-4-22(25)27/h5-14,16H,3-4,15H2,1-2H3/b14-7+. The van der Waals surface area contributed by atoms with Gasteiger partial charge >= 0.3 is 0 Å². The molecule has 1 fully saturated rings. The predicted molar refractivity (Wildman–Crippen MR) is 105 cm³/mol. The van der Waals surface area contributed by atoms with Gasteiger partial charge in [0.15, 0.2) is 0 Å². The van der Waals surface area contributed by atoms with Crippen LogP contribution < -0.4 is 4.90 Å². The fourth-order valence-corrected chi connectivity index (χ4v) is 3.13. The highest BCUT2D eigenvalue weighted by Gasteiger charge is 2.21. The summed E-state index contributed by atoms with van der Waals surface area (Å²) in [6.07, 6.45) is 4.78. The van der Waals surface area contributed by atoms with Crippen LogP contribution in [0.3, 0.4) is 0 Å². The maximum absolute atomic E-state index is 13.1. The highest BCUT2D eigenvalue weighted by atomic mass is 19.1. The Morgan fingerprint density at radius 3 is 2.41 bits per heavy atom. The Hall–Kier alpha value is -2.95. The summed E-state index contributed by atoms with van der Waals surface area (Å²) in [7, 11) is 1.72. The van der Waals surface area contributed by atoms with Gasteiger partial charge in [0.1, 0.15) is 5.82 Å². The maximum atomic E-state index is 13.1. The zero-order chi connectivity index (χ0) is 19.4. The van der Waals surface area contributed by atoms with Crippen LogP contribution in [-0.2, 0) is 9.59 Å². The third-order valence-electron chi connectivity index (χ3n) is 4.98. The van der Waals surface area contributed by atoms with Gasteiger partial charge in [0.05, 0.1) is 6.04 Å². The van der Waals surface area contributed by atoms with Crippen molar-refractivity contribution in [3.05, 3.63) is 71.6 Å². The van der Waals surface area contributed by atoms with Crippen LogP contribution in [0.5, 0.6) is 0 Å². The van der Waals surface area contributed by atoms with Gasteiger partial charge in [0.25, 0.3) is 0 Å². The van der Waals surface area contributed by atoms with E-state index in [-0.39, 0.29) is 23.7 Å². The number of hydrogen-bond acceptors (Lipinski definition) is 2. The molecule has 5 heteroatoms. The zero-order valence-electron chi connectivity index (χ0n) is 15.6. The Bertz CT molecular complexity index is 844. The third kappa shape index (κ3) is 4.42. The van der Waals surface area contributed by atoms with Crippen molar-refractivity contribution in [2.75, 3.05) is 18.5 Å². The van der Waals surface area contributed by atoms with Crippen LogP contribution in [0.15, 0.2) is 54.6 Å². The Kier molecular flexibility index (Phi) is 5.69. The van der Waals surface area contributed by atoms with Crippen molar-refractivity contribution in [3.63, 3.8) is 0 Å². The SMILES string of the molecule is CC(c1ccc(F)cc1)N(C)C(=O)/C=C/c1ccc(N2CCCC2=O)cc1. The van der Waals surface area contributed by atoms with Gasteiger partial charge in [0, 0.05) is 31.8 Å². The van der Waals surface area contributed by atoms with Gasteiger partial charge in [-0.15, -0.1) is 0 Å². The molecule has 4 nitrogen and oxygen atoms in total. The number of likely N-dealkylation sites (N-methyl/N-ethyl adjacent to an activating group) is 1. The summed E-state index contributed by atoms with van der Waals surface area (Å²) in [6.45, 7) is 2.67. The van der Waals surface area contributed by atoms with E-state index in [1.165, 1.54) is 18.2 Å². The highest BCUT2D eigenvalue weighted by Crippen LogP contribution is 2.22. The number of carbonyl (C=O) groups excluding carboxylic acids is 2. The molecule has 1 saturated heterocycles.